The van der Waals surface area contributed by atoms with Crippen LogP contribution in [0.2, 0.25) is 5.02 Å². The Morgan fingerprint density at radius 1 is 1.48 bits per heavy atom. The molecule has 0 aliphatic heterocycles. The number of halogens is 1. The smallest absolute Gasteiger partial charge is 0.359 e. The maximum absolute atomic E-state index is 12.0. The van der Waals surface area contributed by atoms with Crippen molar-refractivity contribution in [1.82, 2.24) is 14.9 Å². The second-order valence-electron chi connectivity index (χ2n) is 4.39. The summed E-state index contributed by atoms with van der Waals surface area (Å²) < 4.78 is 6.10. The number of nitrogens with zero attached hydrogens (tertiary/aromatic N) is 4. The molecule has 2 aromatic heterocycles. The predicted octanol–water partition coefficient (Wildman–Crippen LogP) is 2.00. The molecule has 1 N–H and O–H groups in total. The molecule has 0 unspecified atom stereocenters. The second kappa shape index (κ2) is 5.52. The van der Waals surface area contributed by atoms with Crippen LogP contribution in [-0.4, -0.2) is 25.8 Å². The van der Waals surface area contributed by atoms with Gasteiger partial charge in [-0.15, -0.1) is 0 Å². The average molecular weight is 314 g/mol. The number of carbonyl (C=O) groups is 1. The summed E-state index contributed by atoms with van der Waals surface area (Å²) in [5.41, 5.74) is 1.37. The maximum atomic E-state index is 12.0. The van der Waals surface area contributed by atoms with Crippen LogP contribution >= 0.6 is 11.6 Å². The molecule has 0 bridgehead atoms. The molecule has 10 heteroatoms. The zero-order valence-corrected chi connectivity index (χ0v) is 12.3. The summed E-state index contributed by atoms with van der Waals surface area (Å²) in [5.74, 6) is -0.414. The number of anilines is 1. The molecule has 0 fully saturated rings. The second-order valence-corrected chi connectivity index (χ2v) is 4.76. The lowest BCUT2D eigenvalue weighted by molar-refractivity contribution is -0.389. The predicted molar refractivity (Wildman–Crippen MR) is 73.2 cm³/mol. The van der Waals surface area contributed by atoms with E-state index in [4.69, 9.17) is 16.1 Å². The van der Waals surface area contributed by atoms with E-state index in [1.807, 2.05) is 0 Å². The molecule has 21 heavy (non-hydrogen) atoms. The molecule has 0 saturated carbocycles. The van der Waals surface area contributed by atoms with Gasteiger partial charge in [-0.05, 0) is 25.7 Å². The van der Waals surface area contributed by atoms with Crippen molar-refractivity contribution in [2.24, 2.45) is 0 Å². The fourth-order valence-electron chi connectivity index (χ4n) is 1.76. The molecule has 1 amide bonds. The van der Waals surface area contributed by atoms with Gasteiger partial charge in [-0.2, -0.15) is 4.68 Å². The largest absolute Gasteiger partial charge is 0.408 e. The summed E-state index contributed by atoms with van der Waals surface area (Å²) in [6, 6.07) is 0. The van der Waals surface area contributed by atoms with Crippen LogP contribution in [0.25, 0.3) is 0 Å². The summed E-state index contributed by atoms with van der Waals surface area (Å²) in [5, 5.41) is 20.7. The summed E-state index contributed by atoms with van der Waals surface area (Å²) >= 11 is 5.80. The minimum absolute atomic E-state index is 0.0786. The Morgan fingerprint density at radius 2 is 2.14 bits per heavy atom. The van der Waals surface area contributed by atoms with Crippen LogP contribution in [0.15, 0.2) is 4.52 Å². The van der Waals surface area contributed by atoms with Crippen LogP contribution in [-0.2, 0) is 11.3 Å². The van der Waals surface area contributed by atoms with E-state index in [1.165, 1.54) is 4.68 Å². The highest BCUT2D eigenvalue weighted by Gasteiger charge is 2.25. The van der Waals surface area contributed by atoms with Gasteiger partial charge in [0.2, 0.25) is 5.91 Å². The van der Waals surface area contributed by atoms with Gasteiger partial charge in [0.05, 0.1) is 10.8 Å². The Balaban J connectivity index is 2.17. The van der Waals surface area contributed by atoms with E-state index in [-0.39, 0.29) is 11.6 Å². The molecule has 2 aromatic rings. The lowest BCUT2D eigenvalue weighted by Crippen LogP contribution is -2.20. The van der Waals surface area contributed by atoms with Crippen molar-refractivity contribution < 1.29 is 14.2 Å². The van der Waals surface area contributed by atoms with Gasteiger partial charge in [0, 0.05) is 0 Å². The molecule has 0 spiro atoms. The number of rotatable bonds is 4. The van der Waals surface area contributed by atoms with Gasteiger partial charge >= 0.3 is 5.82 Å². The fourth-order valence-corrected chi connectivity index (χ4v) is 1.96. The first-order valence-electron chi connectivity index (χ1n) is 5.91. The van der Waals surface area contributed by atoms with Crippen LogP contribution in [0.3, 0.4) is 0 Å². The van der Waals surface area contributed by atoms with E-state index in [2.05, 4.69) is 15.6 Å². The molecule has 0 aromatic carbocycles. The number of hydrogen-bond acceptors (Lipinski definition) is 6. The topological polar surface area (TPSA) is 116 Å². The number of aryl methyl sites for hydroxylation is 2. The van der Waals surface area contributed by atoms with Crippen LogP contribution < -0.4 is 5.32 Å². The number of carbonyl (C=O) groups excluding carboxylic acids is 1. The highest BCUT2D eigenvalue weighted by atomic mass is 35.5. The van der Waals surface area contributed by atoms with Crippen LogP contribution in [0.1, 0.15) is 17.1 Å². The summed E-state index contributed by atoms with van der Waals surface area (Å²) in [6.07, 6.45) is 0. The normalized spacial score (nSPS) is 10.7. The van der Waals surface area contributed by atoms with E-state index in [1.54, 1.807) is 20.8 Å². The number of hydrogen-bond donors (Lipinski definition) is 1. The molecule has 9 nitrogen and oxygen atoms in total. The van der Waals surface area contributed by atoms with Gasteiger partial charge < -0.3 is 20.0 Å². The Hall–Kier alpha value is -2.42. The lowest BCUT2D eigenvalue weighted by atomic mass is 10.3. The molecule has 0 atom stereocenters. The number of aromatic nitrogens is 3. The Morgan fingerprint density at radius 3 is 2.62 bits per heavy atom. The minimum atomic E-state index is -0.696. The van der Waals surface area contributed by atoms with Crippen molar-refractivity contribution in [3.8, 4) is 0 Å². The van der Waals surface area contributed by atoms with Crippen molar-refractivity contribution in [2.45, 2.75) is 27.3 Å². The molecule has 0 aliphatic carbocycles. The van der Waals surface area contributed by atoms with Crippen molar-refractivity contribution >= 4 is 29.0 Å². The molecule has 112 valence electrons. The Kier molecular flexibility index (Phi) is 3.94. The minimum Gasteiger partial charge on any atom is -0.359 e. The quantitative estimate of drug-likeness (QED) is 0.681. The first-order valence-corrected chi connectivity index (χ1v) is 6.29. The Labute approximate surface area is 124 Å². The van der Waals surface area contributed by atoms with Gasteiger partial charge in [-0.3, -0.25) is 4.79 Å². The van der Waals surface area contributed by atoms with Crippen molar-refractivity contribution in [1.29, 1.82) is 0 Å². The van der Waals surface area contributed by atoms with E-state index in [0.29, 0.717) is 22.8 Å². The molecule has 0 aliphatic rings. The van der Waals surface area contributed by atoms with Crippen molar-refractivity contribution in [2.75, 3.05) is 5.32 Å². The van der Waals surface area contributed by atoms with Gasteiger partial charge in [0.25, 0.3) is 0 Å². The van der Waals surface area contributed by atoms with Crippen LogP contribution in [0.4, 0.5) is 11.5 Å². The van der Waals surface area contributed by atoms with Gasteiger partial charge in [-0.25, -0.2) is 0 Å². The lowest BCUT2D eigenvalue weighted by Gasteiger charge is -2.03. The van der Waals surface area contributed by atoms with Crippen molar-refractivity contribution in [3.63, 3.8) is 0 Å². The van der Waals surface area contributed by atoms with E-state index in [9.17, 15) is 14.9 Å². The zero-order valence-electron chi connectivity index (χ0n) is 11.5. The Bertz CT molecular complexity index is 701. The molecule has 0 radical (unpaired) electrons. The monoisotopic (exact) mass is 313 g/mol. The third-order valence-corrected chi connectivity index (χ3v) is 3.32. The maximum Gasteiger partial charge on any atom is 0.408 e. The highest BCUT2D eigenvalue weighted by molar-refractivity contribution is 6.33. The molecule has 2 heterocycles. The standard InChI is InChI=1S/C11H12ClN5O4/c1-5-10(7(3)21-15-5)13-8(18)4-16-6(2)9(12)11(14-16)17(19)20/h4H2,1-3H3,(H,13,18). The number of nitrogens with one attached hydrogen (secondary N) is 1. The molecule has 2 rings (SSSR count). The molecule has 0 saturated heterocycles. The van der Waals surface area contributed by atoms with Crippen molar-refractivity contribution in [3.05, 3.63) is 32.3 Å². The fraction of sp³-hybridized carbons (Fsp3) is 0.364. The van der Waals surface area contributed by atoms with Gasteiger partial charge in [0.1, 0.15) is 17.9 Å². The van der Waals surface area contributed by atoms with Crippen LogP contribution in [0.5, 0.6) is 0 Å². The average Bonchev–Trinajstić information content (AvgIpc) is 2.86. The third-order valence-electron chi connectivity index (χ3n) is 2.88. The zero-order chi connectivity index (χ0) is 15.7. The third kappa shape index (κ3) is 2.87. The number of amides is 1. The molecular weight excluding hydrogens is 302 g/mol. The summed E-state index contributed by atoms with van der Waals surface area (Å²) in [4.78, 5) is 22.0. The SMILES string of the molecule is Cc1noc(C)c1NC(=O)Cn1nc([N+](=O)[O-])c(Cl)c1C. The summed E-state index contributed by atoms with van der Waals surface area (Å²) in [7, 11) is 0. The molecular formula is C11H12ClN5O4. The first-order chi connectivity index (χ1) is 9.81. The first kappa shape index (κ1) is 15.0. The van der Waals surface area contributed by atoms with E-state index < -0.39 is 16.6 Å². The summed E-state index contributed by atoms with van der Waals surface area (Å²) in [6.45, 7) is 4.69. The number of nitro groups is 1. The highest BCUT2D eigenvalue weighted by Crippen LogP contribution is 2.26. The van der Waals surface area contributed by atoms with Gasteiger partial charge in [-0.1, -0.05) is 16.8 Å². The van der Waals surface area contributed by atoms with Gasteiger partial charge in [0.15, 0.2) is 10.8 Å². The van der Waals surface area contributed by atoms with E-state index in [0.717, 1.165) is 0 Å². The van der Waals surface area contributed by atoms with E-state index >= 15 is 0 Å². The van der Waals surface area contributed by atoms with Crippen LogP contribution in [0, 0.1) is 30.9 Å².